The maximum atomic E-state index is 6.21. The van der Waals surface area contributed by atoms with Crippen LogP contribution in [0.15, 0.2) is 30.5 Å². The van der Waals surface area contributed by atoms with Gasteiger partial charge in [-0.2, -0.15) is 5.10 Å². The van der Waals surface area contributed by atoms with Gasteiger partial charge in [-0.25, -0.2) is 4.98 Å². The van der Waals surface area contributed by atoms with E-state index in [-0.39, 0.29) is 0 Å². The lowest BCUT2D eigenvalue weighted by molar-refractivity contribution is 0.783. The highest BCUT2D eigenvalue weighted by Gasteiger charge is 2.18. The topological polar surface area (TPSA) is 56.7 Å². The molecule has 102 valence electrons. The van der Waals surface area contributed by atoms with Crippen molar-refractivity contribution >= 4 is 17.2 Å². The summed E-state index contributed by atoms with van der Waals surface area (Å²) in [5.74, 6) is 0.677. The Bertz CT molecular complexity index is 770. The highest BCUT2D eigenvalue weighted by atomic mass is 32.1. The predicted molar refractivity (Wildman–Crippen MR) is 83.6 cm³/mol. The number of aryl methyl sites for hydroxylation is 3. The number of hydrogen-bond donors (Lipinski definition) is 1. The molecule has 0 bridgehead atoms. The first-order valence-electron chi connectivity index (χ1n) is 6.38. The number of anilines is 1. The predicted octanol–water partition coefficient (Wildman–Crippen LogP) is 3.41. The van der Waals surface area contributed by atoms with Crippen molar-refractivity contribution < 1.29 is 0 Å². The molecule has 0 unspecified atom stereocenters. The zero-order valence-electron chi connectivity index (χ0n) is 11.7. The average molecular weight is 284 g/mol. The second-order valence-electron chi connectivity index (χ2n) is 4.85. The van der Waals surface area contributed by atoms with Gasteiger partial charge in [-0.15, -0.1) is 11.3 Å². The molecule has 2 aromatic heterocycles. The SMILES string of the molecule is Cc1cccc(-c2c(-c3cnc(C)s3)nn(C)c2N)c1. The van der Waals surface area contributed by atoms with E-state index < -0.39 is 0 Å². The summed E-state index contributed by atoms with van der Waals surface area (Å²) in [4.78, 5) is 5.36. The van der Waals surface area contributed by atoms with E-state index in [4.69, 9.17) is 5.73 Å². The summed E-state index contributed by atoms with van der Waals surface area (Å²) in [6, 6.07) is 8.31. The number of aromatic nitrogens is 3. The second-order valence-corrected chi connectivity index (χ2v) is 6.08. The van der Waals surface area contributed by atoms with Crippen molar-refractivity contribution in [2.75, 3.05) is 5.73 Å². The molecule has 3 rings (SSSR count). The number of thiazole rings is 1. The molecule has 0 amide bonds. The van der Waals surface area contributed by atoms with Crippen LogP contribution >= 0.6 is 11.3 Å². The van der Waals surface area contributed by atoms with Crippen LogP contribution < -0.4 is 5.73 Å². The summed E-state index contributed by atoms with van der Waals surface area (Å²) in [6.45, 7) is 4.07. The van der Waals surface area contributed by atoms with E-state index in [0.717, 1.165) is 26.7 Å². The lowest BCUT2D eigenvalue weighted by Crippen LogP contribution is -1.98. The average Bonchev–Trinajstić information content (AvgIpc) is 2.95. The molecule has 1 aromatic carbocycles. The van der Waals surface area contributed by atoms with Gasteiger partial charge in [0.2, 0.25) is 0 Å². The molecule has 0 atom stereocenters. The van der Waals surface area contributed by atoms with Gasteiger partial charge in [0.25, 0.3) is 0 Å². The molecule has 0 saturated carbocycles. The molecule has 3 aromatic rings. The van der Waals surface area contributed by atoms with Crippen molar-refractivity contribution in [3.63, 3.8) is 0 Å². The summed E-state index contributed by atoms with van der Waals surface area (Å²) in [5.41, 5.74) is 10.4. The number of nitrogen functional groups attached to an aromatic ring is 1. The Morgan fingerprint density at radius 2 is 2.05 bits per heavy atom. The Morgan fingerprint density at radius 3 is 2.70 bits per heavy atom. The largest absolute Gasteiger partial charge is 0.383 e. The molecule has 0 aliphatic carbocycles. The number of hydrogen-bond acceptors (Lipinski definition) is 4. The Labute approximate surface area is 121 Å². The fourth-order valence-electron chi connectivity index (χ4n) is 2.27. The van der Waals surface area contributed by atoms with Crippen molar-refractivity contribution in [1.82, 2.24) is 14.8 Å². The molecule has 2 N–H and O–H groups in total. The molecule has 0 aliphatic heterocycles. The molecule has 0 fully saturated rings. The molecule has 20 heavy (non-hydrogen) atoms. The smallest absolute Gasteiger partial charge is 0.129 e. The summed E-state index contributed by atoms with van der Waals surface area (Å²) in [6.07, 6.45) is 1.86. The molecule has 2 heterocycles. The highest BCUT2D eigenvalue weighted by molar-refractivity contribution is 7.15. The van der Waals surface area contributed by atoms with Crippen LogP contribution in [0.3, 0.4) is 0 Å². The minimum absolute atomic E-state index is 0.677. The van der Waals surface area contributed by atoms with Gasteiger partial charge in [0.05, 0.1) is 15.4 Å². The zero-order chi connectivity index (χ0) is 14.3. The van der Waals surface area contributed by atoms with E-state index in [0.29, 0.717) is 5.82 Å². The van der Waals surface area contributed by atoms with Crippen molar-refractivity contribution in [1.29, 1.82) is 0 Å². The van der Waals surface area contributed by atoms with Crippen LogP contribution in [0.5, 0.6) is 0 Å². The third-order valence-corrected chi connectivity index (χ3v) is 4.17. The van der Waals surface area contributed by atoms with Crippen LogP contribution in [0.25, 0.3) is 21.7 Å². The van der Waals surface area contributed by atoms with Crippen LogP contribution in [0.4, 0.5) is 5.82 Å². The monoisotopic (exact) mass is 284 g/mol. The zero-order valence-corrected chi connectivity index (χ0v) is 12.5. The van der Waals surface area contributed by atoms with E-state index in [2.05, 4.69) is 35.2 Å². The molecule has 5 heteroatoms. The first kappa shape index (κ1) is 12.9. The second kappa shape index (κ2) is 4.76. The summed E-state index contributed by atoms with van der Waals surface area (Å²) in [7, 11) is 1.87. The third-order valence-electron chi connectivity index (χ3n) is 3.25. The van der Waals surface area contributed by atoms with E-state index in [9.17, 15) is 0 Å². The maximum absolute atomic E-state index is 6.21. The van der Waals surface area contributed by atoms with Gasteiger partial charge < -0.3 is 5.73 Å². The molecule has 4 nitrogen and oxygen atoms in total. The van der Waals surface area contributed by atoms with E-state index in [1.54, 1.807) is 16.0 Å². The number of rotatable bonds is 2. The Balaban J connectivity index is 2.24. The fraction of sp³-hybridized carbons (Fsp3) is 0.200. The lowest BCUT2D eigenvalue weighted by Gasteiger charge is -2.04. The highest BCUT2D eigenvalue weighted by Crippen LogP contribution is 2.38. The van der Waals surface area contributed by atoms with E-state index >= 15 is 0 Å². The van der Waals surface area contributed by atoms with Gasteiger partial charge in [-0.3, -0.25) is 4.68 Å². The molecule has 0 saturated heterocycles. The van der Waals surface area contributed by atoms with Crippen molar-refractivity contribution in [3.05, 3.63) is 41.0 Å². The Morgan fingerprint density at radius 1 is 1.25 bits per heavy atom. The van der Waals surface area contributed by atoms with E-state index in [1.165, 1.54) is 5.56 Å². The van der Waals surface area contributed by atoms with Crippen LogP contribution in [0, 0.1) is 13.8 Å². The summed E-state index contributed by atoms with van der Waals surface area (Å²) >= 11 is 1.63. The van der Waals surface area contributed by atoms with Crippen LogP contribution in [-0.2, 0) is 7.05 Å². The van der Waals surface area contributed by atoms with Gasteiger partial charge in [0.1, 0.15) is 11.5 Å². The quantitative estimate of drug-likeness (QED) is 0.784. The van der Waals surface area contributed by atoms with Crippen LogP contribution in [0.2, 0.25) is 0 Å². The van der Waals surface area contributed by atoms with Gasteiger partial charge >= 0.3 is 0 Å². The minimum atomic E-state index is 0.677. The van der Waals surface area contributed by atoms with Crippen LogP contribution in [0.1, 0.15) is 10.6 Å². The number of nitrogens with two attached hydrogens (primary N) is 1. The first-order chi connectivity index (χ1) is 9.56. The van der Waals surface area contributed by atoms with Gasteiger partial charge in [0.15, 0.2) is 0 Å². The maximum Gasteiger partial charge on any atom is 0.129 e. The van der Waals surface area contributed by atoms with Crippen molar-refractivity contribution in [2.45, 2.75) is 13.8 Å². The molecule has 0 spiro atoms. The van der Waals surface area contributed by atoms with Crippen LogP contribution in [-0.4, -0.2) is 14.8 Å². The van der Waals surface area contributed by atoms with Crippen molar-refractivity contribution in [2.24, 2.45) is 7.05 Å². The fourth-order valence-corrected chi connectivity index (χ4v) is 3.03. The molecular formula is C15H16N4S. The third kappa shape index (κ3) is 2.10. The number of benzene rings is 1. The molecular weight excluding hydrogens is 268 g/mol. The molecule has 0 aliphatic rings. The van der Waals surface area contributed by atoms with Gasteiger partial charge in [-0.05, 0) is 19.4 Å². The number of nitrogens with zero attached hydrogens (tertiary/aromatic N) is 3. The van der Waals surface area contributed by atoms with E-state index in [1.807, 2.05) is 26.2 Å². The van der Waals surface area contributed by atoms with Gasteiger partial charge in [-0.1, -0.05) is 29.8 Å². The lowest BCUT2D eigenvalue weighted by atomic mass is 10.0. The standard InChI is InChI=1S/C15H16N4S/c1-9-5-4-6-11(7-9)13-14(18-19(3)15(13)16)12-8-17-10(2)20-12/h4-8H,16H2,1-3H3. The van der Waals surface area contributed by atoms with Gasteiger partial charge in [0, 0.05) is 13.2 Å². The Hall–Kier alpha value is -2.14. The van der Waals surface area contributed by atoms with Crippen molar-refractivity contribution in [3.8, 4) is 21.7 Å². The normalized spacial score (nSPS) is 10.9. The summed E-state index contributed by atoms with van der Waals surface area (Å²) < 4.78 is 1.72. The minimum Gasteiger partial charge on any atom is -0.383 e. The molecule has 0 radical (unpaired) electrons. The Kier molecular flexibility index (Phi) is 3.06. The first-order valence-corrected chi connectivity index (χ1v) is 7.20. The summed E-state index contributed by atoms with van der Waals surface area (Å²) in [5, 5.41) is 5.59.